The largest absolute Gasteiger partial charge is 0.370 e. The lowest BCUT2D eigenvalue weighted by molar-refractivity contribution is -0.118. The molecule has 0 aromatic carbocycles. The monoisotopic (exact) mass is 329 g/mol. The van der Waals surface area contributed by atoms with E-state index in [0.29, 0.717) is 13.0 Å². The summed E-state index contributed by atoms with van der Waals surface area (Å²) in [7, 11) is 0. The number of hydrogen-bond donors (Lipinski definition) is 1. The van der Waals surface area contributed by atoms with Crippen molar-refractivity contribution < 1.29 is 9.32 Å². The summed E-state index contributed by atoms with van der Waals surface area (Å²) in [6, 6.07) is 2.22. The Kier molecular flexibility index (Phi) is 4.62. The van der Waals surface area contributed by atoms with Crippen LogP contribution in [0.1, 0.15) is 48.3 Å². The van der Waals surface area contributed by atoms with E-state index in [9.17, 15) is 4.79 Å². The molecule has 2 N–H and O–H groups in total. The van der Waals surface area contributed by atoms with Crippen LogP contribution in [0, 0.1) is 20.8 Å². The summed E-state index contributed by atoms with van der Waals surface area (Å²) in [5, 5.41) is 4.02. The van der Waals surface area contributed by atoms with Gasteiger partial charge in [-0.3, -0.25) is 9.69 Å². The minimum atomic E-state index is -0.268. The molecule has 1 atom stereocenters. The SMILES string of the molecule is Cc1nc(-c2c(C)noc2C)cc([C@H]2CCCN2CCC(N)=O)n1. The average Bonchev–Trinajstić information content (AvgIpc) is 3.11. The van der Waals surface area contributed by atoms with E-state index in [0.717, 1.165) is 53.6 Å². The molecule has 3 heterocycles. The minimum Gasteiger partial charge on any atom is -0.370 e. The Morgan fingerprint density at radius 3 is 2.83 bits per heavy atom. The predicted molar refractivity (Wildman–Crippen MR) is 89.1 cm³/mol. The van der Waals surface area contributed by atoms with E-state index in [1.807, 2.05) is 26.8 Å². The van der Waals surface area contributed by atoms with E-state index < -0.39 is 0 Å². The molecule has 7 heteroatoms. The lowest BCUT2D eigenvalue weighted by Crippen LogP contribution is -2.28. The van der Waals surface area contributed by atoms with Gasteiger partial charge in [0.1, 0.15) is 11.6 Å². The molecule has 1 aliphatic rings. The van der Waals surface area contributed by atoms with E-state index in [4.69, 9.17) is 10.3 Å². The molecule has 3 rings (SSSR count). The zero-order valence-corrected chi connectivity index (χ0v) is 14.4. The topological polar surface area (TPSA) is 98.1 Å². The molecule has 0 aliphatic carbocycles. The number of carbonyl (C=O) groups excluding carboxylic acids is 1. The third-order valence-electron chi connectivity index (χ3n) is 4.50. The fourth-order valence-electron chi connectivity index (χ4n) is 3.42. The fraction of sp³-hybridized carbons (Fsp3) is 0.529. The summed E-state index contributed by atoms with van der Waals surface area (Å²) < 4.78 is 5.27. The lowest BCUT2D eigenvalue weighted by atomic mass is 10.1. The molecule has 0 bridgehead atoms. The summed E-state index contributed by atoms with van der Waals surface area (Å²) in [5.74, 6) is 1.22. The van der Waals surface area contributed by atoms with Crippen molar-refractivity contribution in [3.63, 3.8) is 0 Å². The first-order valence-electron chi connectivity index (χ1n) is 8.27. The van der Waals surface area contributed by atoms with Crippen LogP contribution in [-0.4, -0.2) is 39.0 Å². The summed E-state index contributed by atoms with van der Waals surface area (Å²) >= 11 is 0. The van der Waals surface area contributed by atoms with Gasteiger partial charge in [-0.2, -0.15) is 0 Å². The van der Waals surface area contributed by atoms with Crippen molar-refractivity contribution in [3.8, 4) is 11.3 Å². The number of primary amides is 1. The second kappa shape index (κ2) is 6.68. The second-order valence-electron chi connectivity index (χ2n) is 6.33. The Labute approximate surface area is 141 Å². The van der Waals surface area contributed by atoms with Gasteiger partial charge in [0.05, 0.1) is 28.7 Å². The molecule has 1 saturated heterocycles. The lowest BCUT2D eigenvalue weighted by Gasteiger charge is -2.24. The first-order chi connectivity index (χ1) is 11.5. The van der Waals surface area contributed by atoms with Crippen LogP contribution in [0.4, 0.5) is 0 Å². The van der Waals surface area contributed by atoms with Crippen molar-refractivity contribution in [2.45, 2.75) is 46.1 Å². The average molecular weight is 329 g/mol. The summed E-state index contributed by atoms with van der Waals surface area (Å²) in [6.07, 6.45) is 2.49. The number of nitrogens with two attached hydrogens (primary N) is 1. The van der Waals surface area contributed by atoms with Gasteiger partial charge in [0.2, 0.25) is 5.91 Å². The molecular formula is C17H23N5O2. The third kappa shape index (κ3) is 3.31. The molecule has 0 unspecified atom stereocenters. The highest BCUT2D eigenvalue weighted by Crippen LogP contribution is 2.33. The summed E-state index contributed by atoms with van der Waals surface area (Å²) in [4.78, 5) is 22.6. The van der Waals surface area contributed by atoms with Crippen LogP contribution in [0.25, 0.3) is 11.3 Å². The van der Waals surface area contributed by atoms with Crippen molar-refractivity contribution in [1.82, 2.24) is 20.0 Å². The van der Waals surface area contributed by atoms with Gasteiger partial charge in [-0.1, -0.05) is 5.16 Å². The van der Waals surface area contributed by atoms with Gasteiger partial charge in [-0.05, 0) is 46.2 Å². The van der Waals surface area contributed by atoms with Gasteiger partial charge < -0.3 is 10.3 Å². The van der Waals surface area contributed by atoms with Gasteiger partial charge in [0.15, 0.2) is 0 Å². The minimum absolute atomic E-state index is 0.199. The Balaban J connectivity index is 1.92. The van der Waals surface area contributed by atoms with Crippen LogP contribution in [0.2, 0.25) is 0 Å². The van der Waals surface area contributed by atoms with Crippen LogP contribution in [-0.2, 0) is 4.79 Å². The van der Waals surface area contributed by atoms with Crippen molar-refractivity contribution >= 4 is 5.91 Å². The highest BCUT2D eigenvalue weighted by atomic mass is 16.5. The zero-order chi connectivity index (χ0) is 17.3. The van der Waals surface area contributed by atoms with E-state index >= 15 is 0 Å². The second-order valence-corrected chi connectivity index (χ2v) is 6.33. The van der Waals surface area contributed by atoms with Gasteiger partial charge >= 0.3 is 0 Å². The number of aromatic nitrogens is 3. The molecule has 128 valence electrons. The number of nitrogens with zero attached hydrogens (tertiary/aromatic N) is 4. The molecule has 1 amide bonds. The number of aryl methyl sites for hydroxylation is 3. The zero-order valence-electron chi connectivity index (χ0n) is 14.4. The molecular weight excluding hydrogens is 306 g/mol. The molecule has 24 heavy (non-hydrogen) atoms. The van der Waals surface area contributed by atoms with Crippen molar-refractivity contribution in [2.24, 2.45) is 5.73 Å². The molecule has 7 nitrogen and oxygen atoms in total. The molecule has 2 aromatic heterocycles. The number of hydrogen-bond acceptors (Lipinski definition) is 6. The van der Waals surface area contributed by atoms with Crippen LogP contribution in [0.5, 0.6) is 0 Å². The smallest absolute Gasteiger partial charge is 0.218 e. The molecule has 0 saturated carbocycles. The standard InChI is InChI=1S/C17H23N5O2/c1-10-17(11(2)24-21-10)14-9-13(19-12(3)20-14)15-5-4-7-22(15)8-6-16(18)23/h9,15H,4-8H2,1-3H3,(H2,18,23)/t15-/m1/s1. The Morgan fingerprint density at radius 1 is 1.38 bits per heavy atom. The summed E-state index contributed by atoms with van der Waals surface area (Å²) in [5.41, 5.74) is 8.88. The highest BCUT2D eigenvalue weighted by molar-refractivity contribution is 5.73. The van der Waals surface area contributed by atoms with E-state index in [1.54, 1.807) is 0 Å². The normalized spacial score (nSPS) is 18.2. The van der Waals surface area contributed by atoms with Crippen LogP contribution in [0.15, 0.2) is 10.6 Å². The summed E-state index contributed by atoms with van der Waals surface area (Å²) in [6.45, 7) is 7.33. The maximum atomic E-state index is 11.1. The fourth-order valence-corrected chi connectivity index (χ4v) is 3.42. The van der Waals surface area contributed by atoms with Crippen molar-refractivity contribution in [1.29, 1.82) is 0 Å². The van der Waals surface area contributed by atoms with Crippen molar-refractivity contribution in [2.75, 3.05) is 13.1 Å². The van der Waals surface area contributed by atoms with E-state index in [1.165, 1.54) is 0 Å². The van der Waals surface area contributed by atoms with Gasteiger partial charge in [0.25, 0.3) is 0 Å². The maximum Gasteiger partial charge on any atom is 0.218 e. The maximum absolute atomic E-state index is 11.1. The molecule has 0 radical (unpaired) electrons. The van der Waals surface area contributed by atoms with E-state index in [-0.39, 0.29) is 11.9 Å². The van der Waals surface area contributed by atoms with Gasteiger partial charge in [-0.25, -0.2) is 9.97 Å². The Bertz CT molecular complexity index is 736. The first-order valence-corrected chi connectivity index (χ1v) is 8.27. The first kappa shape index (κ1) is 16.6. The number of carbonyl (C=O) groups is 1. The molecule has 1 fully saturated rings. The number of likely N-dealkylation sites (tertiary alicyclic amines) is 1. The van der Waals surface area contributed by atoms with Crippen LogP contribution >= 0.6 is 0 Å². The number of rotatable bonds is 5. The van der Waals surface area contributed by atoms with Crippen LogP contribution < -0.4 is 5.73 Å². The van der Waals surface area contributed by atoms with Crippen molar-refractivity contribution in [3.05, 3.63) is 29.0 Å². The van der Waals surface area contributed by atoms with E-state index in [2.05, 4.69) is 20.0 Å². The van der Waals surface area contributed by atoms with Crippen LogP contribution in [0.3, 0.4) is 0 Å². The Morgan fingerprint density at radius 2 is 2.17 bits per heavy atom. The predicted octanol–water partition coefficient (Wildman–Crippen LogP) is 2.07. The molecule has 2 aromatic rings. The highest BCUT2D eigenvalue weighted by Gasteiger charge is 2.28. The molecule has 0 spiro atoms. The van der Waals surface area contributed by atoms with Gasteiger partial charge in [0, 0.05) is 13.0 Å². The quantitative estimate of drug-likeness (QED) is 0.901. The third-order valence-corrected chi connectivity index (χ3v) is 4.50. The van der Waals surface area contributed by atoms with Gasteiger partial charge in [-0.15, -0.1) is 0 Å². The Hall–Kier alpha value is -2.28. The molecule has 1 aliphatic heterocycles. The number of amides is 1.